The predicted molar refractivity (Wildman–Crippen MR) is 107 cm³/mol. The van der Waals surface area contributed by atoms with Crippen molar-refractivity contribution in [3.8, 4) is 17.0 Å². The number of aromatic nitrogens is 1. The smallest absolute Gasteiger partial charge is 0.231 e. The highest BCUT2D eigenvalue weighted by Crippen LogP contribution is 2.29. The van der Waals surface area contributed by atoms with Crippen molar-refractivity contribution < 1.29 is 13.2 Å². The molecule has 0 spiro atoms. The molecular formula is C18H19N3O3S2. The van der Waals surface area contributed by atoms with Gasteiger partial charge in [-0.15, -0.1) is 11.3 Å². The molecule has 0 atom stereocenters. The molecule has 0 amide bonds. The summed E-state index contributed by atoms with van der Waals surface area (Å²) < 4.78 is 29.7. The average molecular weight is 390 g/mol. The molecule has 0 saturated heterocycles. The van der Waals surface area contributed by atoms with Crippen LogP contribution in [0.5, 0.6) is 5.75 Å². The van der Waals surface area contributed by atoms with Crippen LogP contribution in [0.15, 0.2) is 53.9 Å². The first-order valence-electron chi connectivity index (χ1n) is 7.78. The number of hydrogen-bond acceptors (Lipinski definition) is 6. The van der Waals surface area contributed by atoms with Crippen LogP contribution in [0.4, 0.5) is 16.5 Å². The van der Waals surface area contributed by atoms with Gasteiger partial charge in [0, 0.05) is 29.7 Å². The summed E-state index contributed by atoms with van der Waals surface area (Å²) in [5, 5.41) is 5.98. The van der Waals surface area contributed by atoms with Crippen molar-refractivity contribution in [2.45, 2.75) is 0 Å². The number of hydrogen-bond donors (Lipinski definition) is 1. The standard InChI is InChI=1S/C18H19N3O3S2/c1-21(26(3,22)23)15-9-7-13(8-10-15)17-12-25-18(20-17)19-14-5-4-6-16(11-14)24-2/h4-12H,1-3H3,(H,19,20). The molecule has 0 bridgehead atoms. The first-order valence-corrected chi connectivity index (χ1v) is 10.5. The number of anilines is 3. The van der Waals surface area contributed by atoms with Crippen LogP contribution in [0.1, 0.15) is 0 Å². The minimum Gasteiger partial charge on any atom is -0.497 e. The summed E-state index contributed by atoms with van der Waals surface area (Å²) in [7, 11) is -0.109. The van der Waals surface area contributed by atoms with Crippen molar-refractivity contribution in [3.63, 3.8) is 0 Å². The zero-order chi connectivity index (χ0) is 18.7. The summed E-state index contributed by atoms with van der Waals surface area (Å²) in [6.07, 6.45) is 1.18. The molecule has 2 aromatic carbocycles. The summed E-state index contributed by atoms with van der Waals surface area (Å²) in [6, 6.07) is 14.9. The maximum atomic E-state index is 11.6. The molecule has 0 saturated carbocycles. The van der Waals surface area contributed by atoms with Crippen LogP contribution >= 0.6 is 11.3 Å². The fourth-order valence-corrected chi connectivity index (χ4v) is 3.57. The second-order valence-electron chi connectivity index (χ2n) is 5.67. The Morgan fingerprint density at radius 3 is 2.54 bits per heavy atom. The van der Waals surface area contributed by atoms with Crippen LogP contribution in [-0.4, -0.2) is 33.8 Å². The van der Waals surface area contributed by atoms with E-state index in [2.05, 4.69) is 10.3 Å². The van der Waals surface area contributed by atoms with Gasteiger partial charge in [0.05, 0.1) is 24.7 Å². The Balaban J connectivity index is 1.77. The molecule has 136 valence electrons. The topological polar surface area (TPSA) is 71.5 Å². The number of sulfonamides is 1. The number of nitrogens with zero attached hydrogens (tertiary/aromatic N) is 2. The van der Waals surface area contributed by atoms with E-state index in [1.165, 1.54) is 28.9 Å². The molecule has 26 heavy (non-hydrogen) atoms. The SMILES string of the molecule is COc1cccc(Nc2nc(-c3ccc(N(C)S(C)(=O)=O)cc3)cs2)c1. The van der Waals surface area contributed by atoms with Gasteiger partial charge in [-0.1, -0.05) is 18.2 Å². The molecule has 0 unspecified atom stereocenters. The van der Waals surface area contributed by atoms with Crippen molar-refractivity contribution in [2.75, 3.05) is 30.0 Å². The van der Waals surface area contributed by atoms with E-state index >= 15 is 0 Å². The Morgan fingerprint density at radius 1 is 1.15 bits per heavy atom. The Bertz CT molecular complexity index is 999. The minimum absolute atomic E-state index is 0.612. The van der Waals surface area contributed by atoms with Crippen molar-refractivity contribution in [2.24, 2.45) is 0 Å². The van der Waals surface area contributed by atoms with Gasteiger partial charge < -0.3 is 10.1 Å². The van der Waals surface area contributed by atoms with E-state index in [1.54, 1.807) is 19.2 Å². The van der Waals surface area contributed by atoms with E-state index in [1.807, 2.05) is 41.8 Å². The first-order chi connectivity index (χ1) is 12.4. The van der Waals surface area contributed by atoms with Gasteiger partial charge in [-0.2, -0.15) is 0 Å². The molecule has 0 radical (unpaired) electrons. The number of rotatable bonds is 6. The Kier molecular flexibility index (Phi) is 5.15. The van der Waals surface area contributed by atoms with Crippen LogP contribution in [-0.2, 0) is 10.0 Å². The third-order valence-electron chi connectivity index (χ3n) is 3.85. The Labute approximate surface area is 157 Å². The third-order valence-corrected chi connectivity index (χ3v) is 5.81. The summed E-state index contributed by atoms with van der Waals surface area (Å²) in [5.41, 5.74) is 3.26. The Hall–Kier alpha value is -2.58. The van der Waals surface area contributed by atoms with Gasteiger partial charge in [0.2, 0.25) is 10.0 Å². The lowest BCUT2D eigenvalue weighted by atomic mass is 10.1. The molecule has 0 aliphatic carbocycles. The van der Waals surface area contributed by atoms with E-state index < -0.39 is 10.0 Å². The van der Waals surface area contributed by atoms with E-state index in [0.29, 0.717) is 5.69 Å². The zero-order valence-electron chi connectivity index (χ0n) is 14.6. The highest BCUT2D eigenvalue weighted by Gasteiger charge is 2.12. The van der Waals surface area contributed by atoms with E-state index in [9.17, 15) is 8.42 Å². The third kappa shape index (κ3) is 4.14. The van der Waals surface area contributed by atoms with Gasteiger partial charge in [0.1, 0.15) is 5.75 Å². The van der Waals surface area contributed by atoms with Gasteiger partial charge in [0.15, 0.2) is 5.13 Å². The zero-order valence-corrected chi connectivity index (χ0v) is 16.3. The fraction of sp³-hybridized carbons (Fsp3) is 0.167. The van der Waals surface area contributed by atoms with Crippen LogP contribution in [0.2, 0.25) is 0 Å². The second-order valence-corrected chi connectivity index (χ2v) is 8.54. The molecule has 3 aromatic rings. The Morgan fingerprint density at radius 2 is 1.88 bits per heavy atom. The molecule has 8 heteroatoms. The van der Waals surface area contributed by atoms with Crippen LogP contribution in [0.3, 0.4) is 0 Å². The number of thiazole rings is 1. The fourth-order valence-electron chi connectivity index (χ4n) is 2.32. The summed E-state index contributed by atoms with van der Waals surface area (Å²) in [6.45, 7) is 0. The average Bonchev–Trinajstić information content (AvgIpc) is 3.09. The van der Waals surface area contributed by atoms with Crippen LogP contribution in [0.25, 0.3) is 11.3 Å². The van der Waals surface area contributed by atoms with Gasteiger partial charge >= 0.3 is 0 Å². The molecule has 3 rings (SSSR count). The van der Waals surface area contributed by atoms with Crippen molar-refractivity contribution in [1.29, 1.82) is 0 Å². The monoisotopic (exact) mass is 389 g/mol. The molecule has 1 N–H and O–H groups in total. The van der Waals surface area contributed by atoms with Gasteiger partial charge in [-0.3, -0.25) is 4.31 Å². The highest BCUT2D eigenvalue weighted by molar-refractivity contribution is 7.92. The summed E-state index contributed by atoms with van der Waals surface area (Å²) in [4.78, 5) is 4.59. The molecule has 0 aliphatic heterocycles. The van der Waals surface area contributed by atoms with Crippen LogP contribution < -0.4 is 14.4 Å². The number of nitrogens with one attached hydrogen (secondary N) is 1. The predicted octanol–water partition coefficient (Wildman–Crippen LogP) is 3.96. The summed E-state index contributed by atoms with van der Waals surface area (Å²) in [5.74, 6) is 0.775. The van der Waals surface area contributed by atoms with Gasteiger partial charge in [0.25, 0.3) is 0 Å². The lowest BCUT2D eigenvalue weighted by Gasteiger charge is -2.16. The first kappa shape index (κ1) is 18.2. The maximum Gasteiger partial charge on any atom is 0.231 e. The minimum atomic E-state index is -3.27. The number of methoxy groups -OCH3 is 1. The molecule has 0 fully saturated rings. The van der Waals surface area contributed by atoms with Gasteiger partial charge in [-0.25, -0.2) is 13.4 Å². The highest BCUT2D eigenvalue weighted by atomic mass is 32.2. The molecule has 1 aromatic heterocycles. The molecular weight excluding hydrogens is 370 g/mol. The number of benzene rings is 2. The lowest BCUT2D eigenvalue weighted by Crippen LogP contribution is -2.24. The molecule has 0 aliphatic rings. The molecule has 1 heterocycles. The van der Waals surface area contributed by atoms with Gasteiger partial charge in [-0.05, 0) is 24.3 Å². The number of ether oxygens (including phenoxy) is 1. The quantitative estimate of drug-likeness (QED) is 0.691. The lowest BCUT2D eigenvalue weighted by molar-refractivity contribution is 0.415. The van der Waals surface area contributed by atoms with Crippen molar-refractivity contribution in [1.82, 2.24) is 4.98 Å². The van der Waals surface area contributed by atoms with Crippen LogP contribution in [0, 0.1) is 0 Å². The van der Waals surface area contributed by atoms with E-state index in [-0.39, 0.29) is 0 Å². The van der Waals surface area contributed by atoms with Crippen molar-refractivity contribution >= 4 is 37.9 Å². The normalized spacial score (nSPS) is 11.2. The van der Waals surface area contributed by atoms with Crippen molar-refractivity contribution in [3.05, 3.63) is 53.9 Å². The van der Waals surface area contributed by atoms with E-state index in [0.717, 1.165) is 27.8 Å². The summed E-state index contributed by atoms with van der Waals surface area (Å²) >= 11 is 1.50. The van der Waals surface area contributed by atoms with E-state index in [4.69, 9.17) is 4.74 Å². The molecule has 6 nitrogen and oxygen atoms in total. The maximum absolute atomic E-state index is 11.6. The largest absolute Gasteiger partial charge is 0.497 e. The second kappa shape index (κ2) is 7.35.